The molecule has 5 rings (SSSR count). The van der Waals surface area contributed by atoms with E-state index in [0.29, 0.717) is 22.2 Å². The molecular formula is C33H37ClF3N7O4. The number of halogens is 4. The van der Waals surface area contributed by atoms with E-state index in [-0.39, 0.29) is 37.3 Å². The lowest BCUT2D eigenvalue weighted by Gasteiger charge is -2.25. The van der Waals surface area contributed by atoms with Crippen molar-refractivity contribution in [2.75, 3.05) is 30.3 Å². The van der Waals surface area contributed by atoms with Crippen LogP contribution in [0.25, 0.3) is 0 Å². The molecule has 2 aliphatic carbocycles. The summed E-state index contributed by atoms with van der Waals surface area (Å²) in [7, 11) is 0. The van der Waals surface area contributed by atoms with Crippen LogP contribution in [0.3, 0.4) is 0 Å². The molecule has 3 aromatic rings. The van der Waals surface area contributed by atoms with Crippen LogP contribution < -0.4 is 26.0 Å². The van der Waals surface area contributed by atoms with Gasteiger partial charge in [-0.15, -0.1) is 0 Å². The number of amides is 2. The van der Waals surface area contributed by atoms with E-state index >= 15 is 0 Å². The Morgan fingerprint density at radius 1 is 0.917 bits per heavy atom. The van der Waals surface area contributed by atoms with Crippen LogP contribution in [-0.2, 0) is 15.1 Å². The predicted octanol–water partition coefficient (Wildman–Crippen LogP) is 5.94. The van der Waals surface area contributed by atoms with Crippen molar-refractivity contribution in [3.63, 3.8) is 0 Å². The van der Waals surface area contributed by atoms with Crippen molar-refractivity contribution in [1.29, 1.82) is 0 Å². The van der Waals surface area contributed by atoms with Crippen LogP contribution in [0.1, 0.15) is 68.3 Å². The summed E-state index contributed by atoms with van der Waals surface area (Å²) in [6.45, 7) is 2.59. The van der Waals surface area contributed by atoms with E-state index < -0.39 is 41.4 Å². The molecule has 0 spiro atoms. The summed E-state index contributed by atoms with van der Waals surface area (Å²) in [6.07, 6.45) is 0.141. The molecule has 0 atom stereocenters. The van der Waals surface area contributed by atoms with Gasteiger partial charge in [-0.3, -0.25) is 14.4 Å². The summed E-state index contributed by atoms with van der Waals surface area (Å²) in [4.78, 5) is 49.5. The van der Waals surface area contributed by atoms with Gasteiger partial charge in [-0.2, -0.15) is 28.1 Å². The van der Waals surface area contributed by atoms with E-state index in [2.05, 4.69) is 36.2 Å². The lowest BCUT2D eigenvalue weighted by molar-refractivity contribution is -0.154. The minimum Gasteiger partial charge on any atom is -0.454 e. The number of hydrogen-bond donors (Lipinski definition) is 4. The Kier molecular flexibility index (Phi) is 10.4. The van der Waals surface area contributed by atoms with Crippen molar-refractivity contribution >= 4 is 46.8 Å². The molecule has 0 bridgehead atoms. The monoisotopic (exact) mass is 687 g/mol. The van der Waals surface area contributed by atoms with Gasteiger partial charge in [0.25, 0.3) is 11.8 Å². The van der Waals surface area contributed by atoms with Crippen LogP contribution in [0.4, 0.5) is 30.8 Å². The second kappa shape index (κ2) is 14.3. The number of carbonyl (C=O) groups is 3. The summed E-state index contributed by atoms with van der Waals surface area (Å²) in [6, 6.07) is 13.0. The van der Waals surface area contributed by atoms with E-state index in [1.807, 2.05) is 26.0 Å². The minimum absolute atomic E-state index is 0.0227. The largest absolute Gasteiger partial charge is 0.454 e. The zero-order valence-electron chi connectivity index (χ0n) is 26.5. The maximum absolute atomic E-state index is 12.9. The predicted molar refractivity (Wildman–Crippen MR) is 173 cm³/mol. The molecule has 2 fully saturated rings. The lowest BCUT2D eigenvalue weighted by atomic mass is 9.93. The number of alkyl halides is 3. The van der Waals surface area contributed by atoms with Crippen molar-refractivity contribution in [3.05, 3.63) is 64.7 Å². The molecule has 11 nitrogen and oxygen atoms in total. The third-order valence-electron chi connectivity index (χ3n) is 8.07. The van der Waals surface area contributed by atoms with Gasteiger partial charge in [-0.1, -0.05) is 50.4 Å². The number of ether oxygens (including phenoxy) is 1. The third kappa shape index (κ3) is 10.3. The van der Waals surface area contributed by atoms with Crippen molar-refractivity contribution in [2.45, 2.75) is 64.1 Å². The molecule has 256 valence electrons. The average Bonchev–Trinajstić information content (AvgIpc) is 3.98. The Morgan fingerprint density at radius 2 is 1.56 bits per heavy atom. The first kappa shape index (κ1) is 34.9. The molecule has 2 aliphatic rings. The Hall–Kier alpha value is -4.46. The van der Waals surface area contributed by atoms with Crippen LogP contribution in [0, 0.1) is 11.3 Å². The smallest absolute Gasteiger partial charge is 0.422 e. The van der Waals surface area contributed by atoms with Crippen LogP contribution in [0.2, 0.25) is 5.02 Å². The first-order chi connectivity index (χ1) is 22.7. The van der Waals surface area contributed by atoms with Crippen LogP contribution in [0.15, 0.2) is 48.5 Å². The number of Topliss-reactive ketones (excluding diaryl/α,β-unsaturated/α-hetero) is 1. The van der Waals surface area contributed by atoms with Gasteiger partial charge in [0.1, 0.15) is 0 Å². The minimum atomic E-state index is -4.59. The maximum atomic E-state index is 12.9. The zero-order valence-corrected chi connectivity index (χ0v) is 27.3. The van der Waals surface area contributed by atoms with E-state index in [1.54, 1.807) is 36.4 Å². The summed E-state index contributed by atoms with van der Waals surface area (Å²) in [5, 5.41) is 12.2. The highest BCUT2D eigenvalue weighted by molar-refractivity contribution is 6.36. The molecule has 2 amide bonds. The quantitative estimate of drug-likeness (QED) is 0.134. The molecular weight excluding hydrogens is 651 g/mol. The summed E-state index contributed by atoms with van der Waals surface area (Å²) >= 11 is 6.02. The van der Waals surface area contributed by atoms with Gasteiger partial charge in [0.15, 0.2) is 6.61 Å². The van der Waals surface area contributed by atoms with Gasteiger partial charge in [0, 0.05) is 35.8 Å². The molecule has 15 heteroatoms. The third-order valence-corrected chi connectivity index (χ3v) is 8.32. The molecule has 0 saturated heterocycles. The van der Waals surface area contributed by atoms with Gasteiger partial charge in [0.05, 0.1) is 5.54 Å². The van der Waals surface area contributed by atoms with Gasteiger partial charge in [0.2, 0.25) is 17.7 Å². The van der Waals surface area contributed by atoms with E-state index in [4.69, 9.17) is 16.3 Å². The maximum Gasteiger partial charge on any atom is 0.422 e. The number of carbonyl (C=O) groups excluding carboxylic acids is 3. The number of nitrogens with zero attached hydrogens (tertiary/aromatic N) is 3. The highest BCUT2D eigenvalue weighted by Crippen LogP contribution is 2.48. The van der Waals surface area contributed by atoms with Gasteiger partial charge >= 0.3 is 12.2 Å². The van der Waals surface area contributed by atoms with Gasteiger partial charge < -0.3 is 26.0 Å². The van der Waals surface area contributed by atoms with Gasteiger partial charge in [-0.25, -0.2) is 0 Å². The summed E-state index contributed by atoms with van der Waals surface area (Å²) < 4.78 is 43.5. The fourth-order valence-electron chi connectivity index (χ4n) is 4.86. The Morgan fingerprint density at radius 3 is 2.19 bits per heavy atom. The van der Waals surface area contributed by atoms with Crippen molar-refractivity contribution in [2.24, 2.45) is 11.3 Å². The highest BCUT2D eigenvalue weighted by Gasteiger charge is 2.45. The molecule has 1 aromatic heterocycles. The standard InChI is InChI=1S/C33H37ClF3N7O4/c1-31(2,18-39-27(47)25(45)14-5-20-3-4-20)17-38-26(46)21-6-12-24(13-7-21)40-28-41-29(43-30(42-28)48-19-33(35,36)37)44-32(15-16-32)22-8-10-23(34)11-9-22/h6-13,20H,3-5,14-19H2,1-2H3,(H,38,46)(H,39,47)(H2,40,41,42,43,44). The van der Waals surface area contributed by atoms with Crippen LogP contribution >= 0.6 is 11.6 Å². The van der Waals surface area contributed by atoms with E-state index in [1.165, 1.54) is 0 Å². The molecule has 0 aliphatic heterocycles. The van der Waals surface area contributed by atoms with E-state index in [0.717, 1.165) is 37.7 Å². The second-order valence-electron chi connectivity index (χ2n) is 13.0. The summed E-state index contributed by atoms with van der Waals surface area (Å²) in [5.74, 6) is -0.856. The number of ketones is 1. The highest BCUT2D eigenvalue weighted by atomic mass is 35.5. The Balaban J connectivity index is 1.18. The molecule has 4 N–H and O–H groups in total. The van der Waals surface area contributed by atoms with E-state index in [9.17, 15) is 27.6 Å². The number of anilines is 3. The Labute approximate surface area is 280 Å². The second-order valence-corrected chi connectivity index (χ2v) is 13.5. The SMILES string of the molecule is CC(C)(CNC(=O)C(=O)CCC1CC1)CNC(=O)c1ccc(Nc2nc(NC3(c4ccc(Cl)cc4)CC3)nc(OCC(F)(F)F)n2)cc1. The molecule has 0 unspecified atom stereocenters. The van der Waals surface area contributed by atoms with Crippen LogP contribution in [0.5, 0.6) is 6.01 Å². The number of rotatable bonds is 16. The molecule has 48 heavy (non-hydrogen) atoms. The van der Waals surface area contributed by atoms with Crippen molar-refractivity contribution in [3.8, 4) is 6.01 Å². The number of benzene rings is 2. The molecule has 2 aromatic carbocycles. The van der Waals surface area contributed by atoms with Gasteiger partial charge in [-0.05, 0) is 72.6 Å². The van der Waals surface area contributed by atoms with Crippen LogP contribution in [-0.4, -0.2) is 58.4 Å². The lowest BCUT2D eigenvalue weighted by Crippen LogP contribution is -2.43. The number of nitrogens with one attached hydrogen (secondary N) is 4. The van der Waals surface area contributed by atoms with Crippen molar-refractivity contribution < 1.29 is 32.3 Å². The molecule has 1 heterocycles. The Bertz CT molecular complexity index is 1630. The molecule has 0 radical (unpaired) electrons. The number of hydrogen-bond acceptors (Lipinski definition) is 9. The van der Waals surface area contributed by atoms with Crippen molar-refractivity contribution in [1.82, 2.24) is 25.6 Å². The fraction of sp³-hybridized carbons (Fsp3) is 0.455. The first-order valence-corrected chi connectivity index (χ1v) is 16.0. The summed E-state index contributed by atoms with van der Waals surface area (Å²) in [5.41, 5.74) is 0.704. The average molecular weight is 688 g/mol. The fourth-order valence-corrected chi connectivity index (χ4v) is 4.99. The first-order valence-electron chi connectivity index (χ1n) is 15.6. The number of aromatic nitrogens is 3. The molecule has 2 saturated carbocycles. The topological polar surface area (TPSA) is 147 Å². The normalized spacial score (nSPS) is 15.3. The zero-order chi connectivity index (χ0) is 34.5.